The highest BCUT2D eigenvalue weighted by Crippen LogP contribution is 2.21. The topological polar surface area (TPSA) is 17.3 Å². The van der Waals surface area contributed by atoms with Crippen LogP contribution in [0.15, 0.2) is 59.7 Å². The van der Waals surface area contributed by atoms with E-state index in [1.54, 1.807) is 0 Å². The van der Waals surface area contributed by atoms with E-state index in [1.807, 2.05) is 24.4 Å². The average Bonchev–Trinajstić information content (AvgIpc) is 2.75. The number of hydrogen-bond acceptors (Lipinski definition) is 1. The van der Waals surface area contributed by atoms with Gasteiger partial charge in [0.15, 0.2) is 0 Å². The number of para-hydroxylation sites is 2. The normalized spacial score (nSPS) is 11.5. The molecule has 1 aromatic heterocycles. The molecular weight excluding hydrogens is 232 g/mol. The van der Waals surface area contributed by atoms with Crippen molar-refractivity contribution in [3.8, 4) is 0 Å². The number of nitrogens with zero attached hydrogens (tertiary/aromatic N) is 2. The molecule has 2 aromatic carbocycles. The van der Waals surface area contributed by atoms with Gasteiger partial charge in [-0.05, 0) is 24.6 Å². The summed E-state index contributed by atoms with van der Waals surface area (Å²) in [7, 11) is 2.06. The summed E-state index contributed by atoms with van der Waals surface area (Å²) in [5.41, 5.74) is 4.60. The van der Waals surface area contributed by atoms with Crippen LogP contribution in [0.2, 0.25) is 0 Å². The molecule has 0 amide bonds. The fourth-order valence-electron chi connectivity index (χ4n) is 2.32. The Labute approximate surface area is 113 Å². The van der Waals surface area contributed by atoms with Crippen LogP contribution in [0.5, 0.6) is 0 Å². The minimum absolute atomic E-state index is 1.02. The third-order valence-electron chi connectivity index (χ3n) is 3.39. The molecule has 0 fully saturated rings. The summed E-state index contributed by atoms with van der Waals surface area (Å²) in [5.74, 6) is 0. The summed E-state index contributed by atoms with van der Waals surface area (Å²) in [5, 5.41) is 1.24. The maximum Gasteiger partial charge on any atom is 0.0659 e. The van der Waals surface area contributed by atoms with E-state index >= 15 is 0 Å². The summed E-state index contributed by atoms with van der Waals surface area (Å²) in [6.45, 7) is 2.08. The van der Waals surface area contributed by atoms with Crippen molar-refractivity contribution in [3.05, 3.63) is 65.9 Å². The molecule has 0 atom stereocenters. The van der Waals surface area contributed by atoms with Crippen LogP contribution in [0.4, 0.5) is 5.69 Å². The van der Waals surface area contributed by atoms with E-state index in [9.17, 15) is 0 Å². The molecule has 3 rings (SSSR count). The number of aliphatic imine (C=N–C) groups is 1. The van der Waals surface area contributed by atoms with E-state index in [2.05, 4.69) is 60.1 Å². The maximum atomic E-state index is 4.60. The Balaban J connectivity index is 2.05. The third-order valence-corrected chi connectivity index (χ3v) is 3.39. The van der Waals surface area contributed by atoms with Crippen molar-refractivity contribution in [1.82, 2.24) is 4.57 Å². The van der Waals surface area contributed by atoms with Gasteiger partial charge in [-0.1, -0.05) is 36.4 Å². The summed E-state index contributed by atoms with van der Waals surface area (Å²) >= 11 is 0. The highest BCUT2D eigenvalue weighted by molar-refractivity contribution is 6.00. The van der Waals surface area contributed by atoms with Crippen molar-refractivity contribution in [1.29, 1.82) is 0 Å². The van der Waals surface area contributed by atoms with E-state index in [4.69, 9.17) is 0 Å². The molecule has 0 saturated heterocycles. The number of aromatic nitrogens is 1. The average molecular weight is 248 g/mol. The second-order valence-corrected chi connectivity index (χ2v) is 4.76. The number of benzene rings is 2. The number of aryl methyl sites for hydroxylation is 2. The molecule has 0 N–H and O–H groups in total. The minimum Gasteiger partial charge on any atom is -0.350 e. The van der Waals surface area contributed by atoms with Gasteiger partial charge in [-0.3, -0.25) is 4.99 Å². The molecule has 0 aliphatic rings. The van der Waals surface area contributed by atoms with Crippen molar-refractivity contribution in [2.45, 2.75) is 6.92 Å². The van der Waals surface area contributed by atoms with Gasteiger partial charge in [0.1, 0.15) is 0 Å². The van der Waals surface area contributed by atoms with Crippen molar-refractivity contribution < 1.29 is 0 Å². The van der Waals surface area contributed by atoms with Crippen LogP contribution >= 0.6 is 0 Å². The molecule has 3 aromatic rings. The summed E-state index contributed by atoms with van der Waals surface area (Å²) < 4.78 is 2.13. The predicted octanol–water partition coefficient (Wildman–Crippen LogP) is 4.24. The van der Waals surface area contributed by atoms with Crippen LogP contribution in [0.25, 0.3) is 10.9 Å². The highest BCUT2D eigenvalue weighted by atomic mass is 14.9. The molecule has 0 aliphatic heterocycles. The van der Waals surface area contributed by atoms with Gasteiger partial charge in [0.25, 0.3) is 0 Å². The lowest BCUT2D eigenvalue weighted by Gasteiger charge is -1.97. The fraction of sp³-hybridized carbons (Fsp3) is 0.118. The Morgan fingerprint density at radius 1 is 1.00 bits per heavy atom. The Bertz CT molecular complexity index is 751. The fourth-order valence-corrected chi connectivity index (χ4v) is 2.32. The number of rotatable bonds is 2. The van der Waals surface area contributed by atoms with E-state index < -0.39 is 0 Å². The lowest BCUT2D eigenvalue weighted by atomic mass is 10.2. The van der Waals surface area contributed by atoms with Crippen molar-refractivity contribution >= 4 is 22.8 Å². The van der Waals surface area contributed by atoms with Gasteiger partial charge in [-0.25, -0.2) is 0 Å². The molecule has 94 valence electrons. The van der Waals surface area contributed by atoms with Gasteiger partial charge in [-0.2, -0.15) is 0 Å². The first kappa shape index (κ1) is 11.7. The van der Waals surface area contributed by atoms with E-state index in [1.165, 1.54) is 16.5 Å². The molecule has 0 bridgehead atoms. The molecular formula is C17H16N2. The Morgan fingerprint density at radius 2 is 1.74 bits per heavy atom. The first-order chi connectivity index (χ1) is 9.25. The van der Waals surface area contributed by atoms with E-state index in [0.717, 1.165) is 11.3 Å². The zero-order valence-electron chi connectivity index (χ0n) is 11.2. The SMILES string of the molecule is Cc1ccccc1N=Cc1cn(C)c2ccccc12. The van der Waals surface area contributed by atoms with Crippen LogP contribution in [-0.2, 0) is 7.05 Å². The molecule has 0 radical (unpaired) electrons. The molecule has 2 heteroatoms. The Morgan fingerprint density at radius 3 is 2.58 bits per heavy atom. The standard InChI is InChI=1S/C17H16N2/c1-13-7-3-5-9-16(13)18-11-14-12-19(2)17-10-6-4-8-15(14)17/h3-12H,1-2H3. The summed E-state index contributed by atoms with van der Waals surface area (Å²) in [6, 6.07) is 16.6. The van der Waals surface area contributed by atoms with Crippen molar-refractivity contribution in [2.24, 2.45) is 12.0 Å². The third kappa shape index (κ3) is 2.17. The van der Waals surface area contributed by atoms with Gasteiger partial charge in [0.2, 0.25) is 0 Å². The molecule has 0 unspecified atom stereocenters. The molecule has 0 aliphatic carbocycles. The van der Waals surface area contributed by atoms with Gasteiger partial charge in [0.05, 0.1) is 5.69 Å². The number of fused-ring (bicyclic) bond motifs is 1. The lowest BCUT2D eigenvalue weighted by molar-refractivity contribution is 0.968. The number of hydrogen-bond donors (Lipinski definition) is 0. The van der Waals surface area contributed by atoms with Crippen LogP contribution in [0.3, 0.4) is 0 Å². The second-order valence-electron chi connectivity index (χ2n) is 4.76. The van der Waals surface area contributed by atoms with Gasteiger partial charge < -0.3 is 4.57 Å². The molecule has 0 saturated carbocycles. The predicted molar refractivity (Wildman–Crippen MR) is 81.4 cm³/mol. The largest absolute Gasteiger partial charge is 0.350 e. The first-order valence-electron chi connectivity index (χ1n) is 6.39. The smallest absolute Gasteiger partial charge is 0.0659 e. The van der Waals surface area contributed by atoms with E-state index in [-0.39, 0.29) is 0 Å². The highest BCUT2D eigenvalue weighted by Gasteiger charge is 2.03. The summed E-state index contributed by atoms with van der Waals surface area (Å²) in [4.78, 5) is 4.60. The zero-order chi connectivity index (χ0) is 13.2. The summed E-state index contributed by atoms with van der Waals surface area (Å²) in [6.07, 6.45) is 4.07. The van der Waals surface area contributed by atoms with E-state index in [0.29, 0.717) is 0 Å². The van der Waals surface area contributed by atoms with Gasteiger partial charge >= 0.3 is 0 Å². The van der Waals surface area contributed by atoms with Crippen LogP contribution in [-0.4, -0.2) is 10.8 Å². The first-order valence-corrected chi connectivity index (χ1v) is 6.39. The molecule has 1 heterocycles. The van der Waals surface area contributed by atoms with Crippen molar-refractivity contribution in [3.63, 3.8) is 0 Å². The van der Waals surface area contributed by atoms with Crippen LogP contribution in [0, 0.1) is 6.92 Å². The minimum atomic E-state index is 1.02. The van der Waals surface area contributed by atoms with Crippen LogP contribution in [0.1, 0.15) is 11.1 Å². The Kier molecular flexibility index (Phi) is 2.92. The molecule has 19 heavy (non-hydrogen) atoms. The van der Waals surface area contributed by atoms with Crippen LogP contribution < -0.4 is 0 Å². The van der Waals surface area contributed by atoms with Gasteiger partial charge in [-0.15, -0.1) is 0 Å². The monoisotopic (exact) mass is 248 g/mol. The zero-order valence-corrected chi connectivity index (χ0v) is 11.2. The second kappa shape index (κ2) is 4.73. The molecule has 0 spiro atoms. The maximum absolute atomic E-state index is 4.60. The van der Waals surface area contributed by atoms with Crippen molar-refractivity contribution in [2.75, 3.05) is 0 Å². The lowest BCUT2D eigenvalue weighted by Crippen LogP contribution is -1.82. The van der Waals surface area contributed by atoms with Gasteiger partial charge in [0, 0.05) is 35.9 Å². The molecule has 2 nitrogen and oxygen atoms in total. The Hall–Kier alpha value is -2.35. The quantitative estimate of drug-likeness (QED) is 0.604.